The van der Waals surface area contributed by atoms with Gasteiger partial charge in [0.05, 0.1) is 4.92 Å². The molecular weight excluding hydrogens is 322 g/mol. The van der Waals surface area contributed by atoms with Crippen molar-refractivity contribution >= 4 is 11.6 Å². The van der Waals surface area contributed by atoms with E-state index in [0.717, 1.165) is 25.9 Å². The standard InChI is InChI=1S/C18H25N3O4/c22-17(15-5-4-6-16(13-15)21(23)24)19-14-18(7-11-25-12-8-18)20-9-2-1-3-10-20/h4-6,13H,1-3,7-12,14H2,(H,19,22). The lowest BCUT2D eigenvalue weighted by atomic mass is 9.86. The highest BCUT2D eigenvalue weighted by atomic mass is 16.6. The molecule has 2 aliphatic rings. The van der Waals surface area contributed by atoms with E-state index in [1.54, 1.807) is 12.1 Å². The van der Waals surface area contributed by atoms with Crippen LogP contribution in [0.4, 0.5) is 5.69 Å². The van der Waals surface area contributed by atoms with Crippen LogP contribution in [0, 0.1) is 10.1 Å². The predicted molar refractivity (Wildman–Crippen MR) is 93.6 cm³/mol. The first-order valence-electron chi connectivity index (χ1n) is 8.96. The molecular formula is C18H25N3O4. The summed E-state index contributed by atoms with van der Waals surface area (Å²) in [6.45, 7) is 4.10. The Bertz CT molecular complexity index is 623. The smallest absolute Gasteiger partial charge is 0.270 e. The fourth-order valence-electron chi connectivity index (χ4n) is 3.83. The number of amides is 1. The lowest BCUT2D eigenvalue weighted by Gasteiger charge is -2.48. The van der Waals surface area contributed by atoms with Gasteiger partial charge in [0.1, 0.15) is 0 Å². The van der Waals surface area contributed by atoms with Gasteiger partial charge in [-0.15, -0.1) is 0 Å². The Hall–Kier alpha value is -1.99. The average Bonchev–Trinajstić information content (AvgIpc) is 2.67. The van der Waals surface area contributed by atoms with Gasteiger partial charge in [0.25, 0.3) is 11.6 Å². The number of hydrogen-bond acceptors (Lipinski definition) is 5. The molecule has 0 unspecified atom stereocenters. The SMILES string of the molecule is O=C(NCC1(N2CCCCC2)CCOCC1)c1cccc([N+](=O)[O-])c1. The van der Waals surface area contributed by atoms with Crippen LogP contribution in [0.5, 0.6) is 0 Å². The largest absolute Gasteiger partial charge is 0.381 e. The van der Waals surface area contributed by atoms with E-state index < -0.39 is 4.92 Å². The van der Waals surface area contributed by atoms with Crippen molar-refractivity contribution in [1.82, 2.24) is 10.2 Å². The lowest BCUT2D eigenvalue weighted by Crippen LogP contribution is -2.59. The number of ether oxygens (including phenoxy) is 1. The second kappa shape index (κ2) is 7.93. The Kier molecular flexibility index (Phi) is 5.65. The van der Waals surface area contributed by atoms with Crippen LogP contribution in [0.3, 0.4) is 0 Å². The number of nitro benzene ring substituents is 1. The van der Waals surface area contributed by atoms with Crippen molar-refractivity contribution in [2.24, 2.45) is 0 Å². The first-order valence-corrected chi connectivity index (χ1v) is 8.96. The molecule has 0 bridgehead atoms. The van der Waals surface area contributed by atoms with Crippen LogP contribution < -0.4 is 5.32 Å². The Labute approximate surface area is 147 Å². The molecule has 136 valence electrons. The molecule has 0 aliphatic carbocycles. The fraction of sp³-hybridized carbons (Fsp3) is 0.611. The van der Waals surface area contributed by atoms with E-state index in [-0.39, 0.29) is 17.1 Å². The number of nitrogens with one attached hydrogen (secondary N) is 1. The van der Waals surface area contributed by atoms with Crippen LogP contribution in [0.25, 0.3) is 0 Å². The van der Waals surface area contributed by atoms with Crippen LogP contribution in [-0.4, -0.2) is 54.1 Å². The van der Waals surface area contributed by atoms with Gasteiger partial charge < -0.3 is 10.1 Å². The van der Waals surface area contributed by atoms with E-state index in [9.17, 15) is 14.9 Å². The summed E-state index contributed by atoms with van der Waals surface area (Å²) < 4.78 is 5.53. The van der Waals surface area contributed by atoms with Gasteiger partial charge in [-0.05, 0) is 44.8 Å². The fourth-order valence-corrected chi connectivity index (χ4v) is 3.83. The van der Waals surface area contributed by atoms with Gasteiger partial charge in [-0.1, -0.05) is 12.5 Å². The van der Waals surface area contributed by atoms with Gasteiger partial charge in [-0.25, -0.2) is 0 Å². The van der Waals surface area contributed by atoms with Crippen molar-refractivity contribution in [1.29, 1.82) is 0 Å². The number of carbonyl (C=O) groups excluding carboxylic acids is 1. The maximum absolute atomic E-state index is 12.5. The van der Waals surface area contributed by atoms with Crippen LogP contribution in [0.2, 0.25) is 0 Å². The molecule has 0 atom stereocenters. The van der Waals surface area contributed by atoms with E-state index in [1.165, 1.54) is 31.4 Å². The Balaban J connectivity index is 1.69. The number of piperidine rings is 1. The highest BCUT2D eigenvalue weighted by molar-refractivity contribution is 5.94. The molecule has 2 saturated heterocycles. The topological polar surface area (TPSA) is 84.7 Å². The first kappa shape index (κ1) is 17.8. The Morgan fingerprint density at radius 3 is 2.64 bits per heavy atom. The third-order valence-corrected chi connectivity index (χ3v) is 5.35. The minimum absolute atomic E-state index is 0.0605. The third-order valence-electron chi connectivity index (χ3n) is 5.35. The summed E-state index contributed by atoms with van der Waals surface area (Å²) in [5.41, 5.74) is 0.203. The number of likely N-dealkylation sites (tertiary alicyclic amines) is 1. The van der Waals surface area contributed by atoms with Crippen LogP contribution in [-0.2, 0) is 4.74 Å². The lowest BCUT2D eigenvalue weighted by molar-refractivity contribution is -0.384. The van der Waals surface area contributed by atoms with Crippen molar-refractivity contribution < 1.29 is 14.5 Å². The second-order valence-corrected chi connectivity index (χ2v) is 6.87. The molecule has 2 aliphatic heterocycles. The second-order valence-electron chi connectivity index (χ2n) is 6.87. The monoisotopic (exact) mass is 347 g/mol. The summed E-state index contributed by atoms with van der Waals surface area (Å²) in [5, 5.41) is 13.9. The summed E-state index contributed by atoms with van der Waals surface area (Å²) in [6.07, 6.45) is 5.47. The molecule has 2 heterocycles. The van der Waals surface area contributed by atoms with Gasteiger partial charge in [0.2, 0.25) is 0 Å². The zero-order valence-electron chi connectivity index (χ0n) is 14.4. The first-order chi connectivity index (χ1) is 12.1. The molecule has 0 saturated carbocycles. The van der Waals surface area contributed by atoms with Gasteiger partial charge in [0.15, 0.2) is 0 Å². The quantitative estimate of drug-likeness (QED) is 0.653. The number of nitro groups is 1. The zero-order chi connectivity index (χ0) is 17.7. The third kappa shape index (κ3) is 4.16. The number of carbonyl (C=O) groups is 1. The number of nitrogens with zero attached hydrogens (tertiary/aromatic N) is 2. The van der Waals surface area contributed by atoms with Crippen LogP contribution in [0.1, 0.15) is 42.5 Å². The van der Waals surface area contributed by atoms with Crippen molar-refractivity contribution in [2.75, 3.05) is 32.8 Å². The Morgan fingerprint density at radius 2 is 1.96 bits per heavy atom. The minimum Gasteiger partial charge on any atom is -0.381 e. The van der Waals surface area contributed by atoms with Gasteiger partial charge in [0, 0.05) is 43.0 Å². The van der Waals surface area contributed by atoms with Crippen LogP contribution >= 0.6 is 0 Å². The van der Waals surface area contributed by atoms with Crippen molar-refractivity contribution in [3.05, 3.63) is 39.9 Å². The maximum Gasteiger partial charge on any atom is 0.270 e. The molecule has 1 N–H and O–H groups in total. The number of non-ortho nitro benzene ring substituents is 1. The van der Waals surface area contributed by atoms with Crippen molar-refractivity contribution in [2.45, 2.75) is 37.6 Å². The number of benzene rings is 1. The summed E-state index contributed by atoms with van der Waals surface area (Å²) >= 11 is 0. The summed E-state index contributed by atoms with van der Waals surface area (Å²) in [6, 6.07) is 5.87. The van der Waals surface area contributed by atoms with E-state index >= 15 is 0 Å². The molecule has 0 radical (unpaired) electrons. The number of hydrogen-bond donors (Lipinski definition) is 1. The summed E-state index contributed by atoms with van der Waals surface area (Å²) in [5.74, 6) is -0.258. The van der Waals surface area contributed by atoms with E-state index in [0.29, 0.717) is 25.3 Å². The summed E-state index contributed by atoms with van der Waals surface area (Å²) in [4.78, 5) is 25.4. The molecule has 7 nitrogen and oxygen atoms in total. The maximum atomic E-state index is 12.5. The molecule has 25 heavy (non-hydrogen) atoms. The van der Waals surface area contributed by atoms with E-state index in [2.05, 4.69) is 10.2 Å². The highest BCUT2D eigenvalue weighted by Gasteiger charge is 2.39. The normalized spacial score (nSPS) is 20.8. The highest BCUT2D eigenvalue weighted by Crippen LogP contribution is 2.30. The van der Waals surface area contributed by atoms with E-state index in [4.69, 9.17) is 4.74 Å². The molecule has 1 aromatic rings. The van der Waals surface area contributed by atoms with E-state index in [1.807, 2.05) is 0 Å². The van der Waals surface area contributed by atoms with Crippen molar-refractivity contribution in [3.63, 3.8) is 0 Å². The van der Waals surface area contributed by atoms with Gasteiger partial charge >= 0.3 is 0 Å². The summed E-state index contributed by atoms with van der Waals surface area (Å²) in [7, 11) is 0. The molecule has 0 spiro atoms. The number of rotatable bonds is 5. The molecule has 2 fully saturated rings. The molecule has 3 rings (SSSR count). The molecule has 1 aromatic carbocycles. The molecule has 1 amide bonds. The minimum atomic E-state index is -0.482. The Morgan fingerprint density at radius 1 is 1.24 bits per heavy atom. The molecule has 7 heteroatoms. The van der Waals surface area contributed by atoms with Crippen LogP contribution in [0.15, 0.2) is 24.3 Å². The average molecular weight is 347 g/mol. The predicted octanol–water partition coefficient (Wildman–Crippen LogP) is 2.36. The van der Waals surface area contributed by atoms with Crippen molar-refractivity contribution in [3.8, 4) is 0 Å². The zero-order valence-corrected chi connectivity index (χ0v) is 14.4. The molecule has 0 aromatic heterocycles. The van der Waals surface area contributed by atoms with Gasteiger partial charge in [-0.2, -0.15) is 0 Å². The van der Waals surface area contributed by atoms with Gasteiger partial charge in [-0.3, -0.25) is 19.8 Å².